The van der Waals surface area contributed by atoms with Crippen LogP contribution in [0.25, 0.3) is 10.9 Å². The Labute approximate surface area is 124 Å². The van der Waals surface area contributed by atoms with Crippen molar-refractivity contribution in [2.24, 2.45) is 0 Å². The second-order valence-electron chi connectivity index (χ2n) is 4.69. The zero-order valence-corrected chi connectivity index (χ0v) is 12.7. The van der Waals surface area contributed by atoms with Crippen LogP contribution in [-0.4, -0.2) is 43.2 Å². The molecule has 0 aliphatic carbocycles. The van der Waals surface area contributed by atoms with Crippen LogP contribution in [0.4, 0.5) is 0 Å². The molecule has 1 amide bonds. The average molecular weight is 291 g/mol. The molecule has 0 bridgehead atoms. The molecule has 6 heteroatoms. The van der Waals surface area contributed by atoms with Crippen molar-refractivity contribution in [3.8, 4) is 0 Å². The van der Waals surface area contributed by atoms with E-state index < -0.39 is 0 Å². The summed E-state index contributed by atoms with van der Waals surface area (Å²) in [4.78, 5) is 12.0. The van der Waals surface area contributed by atoms with Crippen molar-refractivity contribution in [1.29, 1.82) is 0 Å². The number of benzene rings is 1. The first kappa shape index (κ1) is 15.5. The van der Waals surface area contributed by atoms with E-state index in [1.54, 1.807) is 7.11 Å². The molecule has 2 rings (SSSR count). The number of methoxy groups -OCH3 is 2. The Morgan fingerprint density at radius 2 is 2.14 bits per heavy atom. The van der Waals surface area contributed by atoms with Gasteiger partial charge in [0.05, 0.1) is 24.4 Å². The summed E-state index contributed by atoms with van der Waals surface area (Å²) in [6.45, 7) is 3.51. The number of nitrogens with zero attached hydrogens (tertiary/aromatic N) is 2. The number of amides is 1. The highest BCUT2D eigenvalue weighted by atomic mass is 16.5. The van der Waals surface area contributed by atoms with Crippen molar-refractivity contribution < 1.29 is 14.3 Å². The normalized spacial score (nSPS) is 11.0. The van der Waals surface area contributed by atoms with Crippen LogP contribution in [0, 0.1) is 0 Å². The van der Waals surface area contributed by atoms with E-state index in [0.717, 1.165) is 23.0 Å². The van der Waals surface area contributed by atoms with Crippen LogP contribution in [-0.2, 0) is 22.4 Å². The fourth-order valence-corrected chi connectivity index (χ4v) is 2.23. The zero-order chi connectivity index (χ0) is 15.2. The van der Waals surface area contributed by atoms with E-state index in [1.807, 2.05) is 22.9 Å². The molecule has 1 aromatic heterocycles. The summed E-state index contributed by atoms with van der Waals surface area (Å²) >= 11 is 0. The minimum absolute atomic E-state index is 0.156. The van der Waals surface area contributed by atoms with Gasteiger partial charge in [0.25, 0.3) is 5.91 Å². The van der Waals surface area contributed by atoms with Crippen molar-refractivity contribution in [2.45, 2.75) is 19.9 Å². The molecule has 1 heterocycles. The Kier molecular flexibility index (Phi) is 5.30. The highest BCUT2D eigenvalue weighted by molar-refractivity contribution is 5.98. The molecule has 1 N–H and O–H groups in total. The van der Waals surface area contributed by atoms with Crippen LogP contribution in [0.15, 0.2) is 18.2 Å². The van der Waals surface area contributed by atoms with Gasteiger partial charge >= 0.3 is 0 Å². The Morgan fingerprint density at radius 3 is 2.81 bits per heavy atom. The summed E-state index contributed by atoms with van der Waals surface area (Å²) in [7, 11) is 3.20. The largest absolute Gasteiger partial charge is 0.383 e. The van der Waals surface area contributed by atoms with Crippen molar-refractivity contribution in [1.82, 2.24) is 15.1 Å². The van der Waals surface area contributed by atoms with Gasteiger partial charge in [-0.15, -0.1) is 0 Å². The zero-order valence-electron chi connectivity index (χ0n) is 12.7. The molecule has 21 heavy (non-hydrogen) atoms. The lowest BCUT2D eigenvalue weighted by molar-refractivity contribution is 0.0872. The maximum Gasteiger partial charge on any atom is 0.253 e. The summed E-state index contributed by atoms with van der Waals surface area (Å²) in [5.74, 6) is -0.156. The first-order valence-corrected chi connectivity index (χ1v) is 6.96. The van der Waals surface area contributed by atoms with Crippen LogP contribution in [0.5, 0.6) is 0 Å². The number of hydrogen-bond acceptors (Lipinski definition) is 4. The summed E-state index contributed by atoms with van der Waals surface area (Å²) in [6, 6.07) is 5.63. The van der Waals surface area contributed by atoms with E-state index in [0.29, 0.717) is 18.7 Å². The lowest BCUT2D eigenvalue weighted by Gasteiger charge is -2.06. The van der Waals surface area contributed by atoms with Gasteiger partial charge in [-0.3, -0.25) is 9.48 Å². The van der Waals surface area contributed by atoms with Crippen molar-refractivity contribution in [3.05, 3.63) is 29.5 Å². The van der Waals surface area contributed by atoms with Crippen molar-refractivity contribution in [3.63, 3.8) is 0 Å². The summed E-state index contributed by atoms with van der Waals surface area (Å²) < 4.78 is 11.9. The molecular formula is C15H21N3O3. The molecule has 0 spiro atoms. The number of aryl methyl sites for hydroxylation is 1. The van der Waals surface area contributed by atoms with E-state index in [1.165, 1.54) is 7.11 Å². The van der Waals surface area contributed by atoms with E-state index >= 15 is 0 Å². The summed E-state index contributed by atoms with van der Waals surface area (Å²) in [6.07, 6.45) is 0.853. The van der Waals surface area contributed by atoms with Gasteiger partial charge in [-0.25, -0.2) is 0 Å². The van der Waals surface area contributed by atoms with Crippen LogP contribution in [0.1, 0.15) is 23.0 Å². The molecule has 0 fully saturated rings. The molecule has 6 nitrogen and oxygen atoms in total. The first-order valence-electron chi connectivity index (χ1n) is 6.96. The van der Waals surface area contributed by atoms with Crippen LogP contribution >= 0.6 is 0 Å². The Hall–Kier alpha value is -1.92. The highest BCUT2D eigenvalue weighted by Gasteiger charge is 2.12. The molecule has 114 valence electrons. The molecule has 0 aliphatic heterocycles. The number of aromatic nitrogens is 2. The van der Waals surface area contributed by atoms with E-state index in [2.05, 4.69) is 17.3 Å². The number of carbonyl (C=O) groups excluding carboxylic acids is 1. The third-order valence-electron chi connectivity index (χ3n) is 3.31. The summed E-state index contributed by atoms with van der Waals surface area (Å²) in [5, 5.41) is 8.35. The molecule has 0 aliphatic rings. The summed E-state index contributed by atoms with van der Waals surface area (Å²) in [5.41, 5.74) is 2.58. The monoisotopic (exact) mass is 291 g/mol. The molecule has 0 atom stereocenters. The average Bonchev–Trinajstić information content (AvgIpc) is 2.87. The quantitative estimate of drug-likeness (QED) is 0.787. The van der Waals surface area contributed by atoms with E-state index in [-0.39, 0.29) is 12.6 Å². The Balaban J connectivity index is 2.37. The minimum Gasteiger partial charge on any atom is -0.383 e. The second kappa shape index (κ2) is 7.19. The molecule has 0 saturated heterocycles. The van der Waals surface area contributed by atoms with Crippen molar-refractivity contribution in [2.75, 3.05) is 27.6 Å². The number of hydrogen-bond donors (Lipinski definition) is 1. The number of ether oxygens (including phenoxy) is 2. The minimum atomic E-state index is -0.156. The molecule has 1 aromatic carbocycles. The van der Waals surface area contributed by atoms with Crippen LogP contribution < -0.4 is 5.32 Å². The third kappa shape index (κ3) is 3.40. The van der Waals surface area contributed by atoms with Gasteiger partial charge in [0.2, 0.25) is 0 Å². The van der Waals surface area contributed by atoms with Gasteiger partial charge in [-0.05, 0) is 18.6 Å². The molecule has 0 radical (unpaired) electrons. The fraction of sp³-hybridized carbons (Fsp3) is 0.467. The van der Waals surface area contributed by atoms with Gasteiger partial charge in [0.15, 0.2) is 0 Å². The Bertz CT molecular complexity index is 622. The number of fused-ring (bicyclic) bond motifs is 1. The standard InChI is InChI=1S/C15H21N3O3/c1-4-13-12-6-5-11(15(19)16-10-21-3)9-14(12)18(17-13)7-8-20-2/h5-6,9H,4,7-8,10H2,1-3H3,(H,16,19). The van der Waals surface area contributed by atoms with Gasteiger partial charge in [-0.1, -0.05) is 13.0 Å². The first-order chi connectivity index (χ1) is 10.2. The number of carbonyl (C=O) groups is 1. The van der Waals surface area contributed by atoms with E-state index in [9.17, 15) is 4.79 Å². The number of nitrogens with one attached hydrogen (secondary N) is 1. The molecular weight excluding hydrogens is 270 g/mol. The van der Waals surface area contributed by atoms with Gasteiger partial charge in [-0.2, -0.15) is 5.10 Å². The van der Waals surface area contributed by atoms with Crippen LogP contribution in [0.2, 0.25) is 0 Å². The van der Waals surface area contributed by atoms with E-state index in [4.69, 9.17) is 9.47 Å². The lowest BCUT2D eigenvalue weighted by Crippen LogP contribution is -2.25. The highest BCUT2D eigenvalue weighted by Crippen LogP contribution is 2.21. The van der Waals surface area contributed by atoms with Gasteiger partial charge in [0, 0.05) is 25.2 Å². The smallest absolute Gasteiger partial charge is 0.253 e. The predicted octanol–water partition coefficient (Wildman–Crippen LogP) is 1.58. The van der Waals surface area contributed by atoms with Gasteiger partial charge in [0.1, 0.15) is 6.73 Å². The Morgan fingerprint density at radius 1 is 1.33 bits per heavy atom. The second-order valence-corrected chi connectivity index (χ2v) is 4.69. The molecule has 2 aromatic rings. The predicted molar refractivity (Wildman–Crippen MR) is 80.3 cm³/mol. The topological polar surface area (TPSA) is 65.4 Å². The fourth-order valence-electron chi connectivity index (χ4n) is 2.23. The molecule has 0 saturated carbocycles. The van der Waals surface area contributed by atoms with Crippen LogP contribution in [0.3, 0.4) is 0 Å². The SMILES string of the molecule is CCc1nn(CCOC)c2cc(C(=O)NCOC)ccc12. The van der Waals surface area contributed by atoms with Crippen molar-refractivity contribution >= 4 is 16.8 Å². The third-order valence-corrected chi connectivity index (χ3v) is 3.31. The number of rotatable bonds is 7. The molecule has 0 unspecified atom stereocenters. The van der Waals surface area contributed by atoms with Gasteiger partial charge < -0.3 is 14.8 Å². The maximum absolute atomic E-state index is 12.0. The maximum atomic E-state index is 12.0. The lowest BCUT2D eigenvalue weighted by atomic mass is 10.1.